The molecule has 0 radical (unpaired) electrons. The van der Waals surface area contributed by atoms with Gasteiger partial charge in [0.15, 0.2) is 0 Å². The van der Waals surface area contributed by atoms with Gasteiger partial charge in [-0.05, 0) is 43.5 Å². The number of hydrogen-bond acceptors (Lipinski definition) is 6. The third kappa shape index (κ3) is 5.27. The van der Waals surface area contributed by atoms with Gasteiger partial charge in [-0.15, -0.1) is 0 Å². The van der Waals surface area contributed by atoms with Gasteiger partial charge in [-0.2, -0.15) is 4.98 Å². The highest BCUT2D eigenvalue weighted by Crippen LogP contribution is 2.20. The zero-order chi connectivity index (χ0) is 22.5. The van der Waals surface area contributed by atoms with Crippen molar-refractivity contribution in [2.45, 2.75) is 31.8 Å². The zero-order valence-corrected chi connectivity index (χ0v) is 18.5. The monoisotopic (exact) mass is 455 g/mol. The second-order valence-corrected chi connectivity index (χ2v) is 8.24. The second-order valence-electron chi connectivity index (χ2n) is 7.80. The van der Waals surface area contributed by atoms with Gasteiger partial charge < -0.3 is 25.0 Å². The highest BCUT2D eigenvalue weighted by molar-refractivity contribution is 6.30. The molecular weight excluding hydrogens is 430 g/mol. The van der Waals surface area contributed by atoms with Crippen molar-refractivity contribution < 1.29 is 14.6 Å². The quantitative estimate of drug-likeness (QED) is 0.505. The Labute approximate surface area is 191 Å². The molecule has 3 heterocycles. The molecule has 0 saturated carbocycles. The van der Waals surface area contributed by atoms with E-state index in [4.69, 9.17) is 16.3 Å². The van der Waals surface area contributed by atoms with Gasteiger partial charge in [-0.25, -0.2) is 4.98 Å². The van der Waals surface area contributed by atoms with Crippen LogP contribution in [0.4, 0.5) is 5.95 Å². The zero-order valence-electron chi connectivity index (χ0n) is 17.8. The van der Waals surface area contributed by atoms with Crippen molar-refractivity contribution in [3.63, 3.8) is 0 Å². The molecule has 0 bridgehead atoms. The number of anilines is 1. The molecule has 0 unspecified atom stereocenters. The number of aromatic nitrogens is 3. The maximum atomic E-state index is 12.8. The molecule has 1 fully saturated rings. The van der Waals surface area contributed by atoms with Gasteiger partial charge in [-0.3, -0.25) is 4.79 Å². The Morgan fingerprint density at radius 3 is 2.91 bits per heavy atom. The highest BCUT2D eigenvalue weighted by Gasteiger charge is 2.18. The van der Waals surface area contributed by atoms with Crippen LogP contribution in [-0.2, 0) is 4.74 Å². The van der Waals surface area contributed by atoms with Crippen molar-refractivity contribution in [2.75, 3.05) is 25.1 Å². The van der Waals surface area contributed by atoms with Crippen LogP contribution in [0, 0.1) is 6.92 Å². The Hall–Kier alpha value is -2.94. The van der Waals surface area contributed by atoms with Gasteiger partial charge in [0, 0.05) is 48.4 Å². The van der Waals surface area contributed by atoms with E-state index >= 15 is 0 Å². The number of halogens is 1. The number of aliphatic hydroxyl groups is 1. The first-order valence-electron chi connectivity index (χ1n) is 10.6. The highest BCUT2D eigenvalue weighted by atomic mass is 35.5. The minimum atomic E-state index is -0.555. The van der Waals surface area contributed by atoms with E-state index in [-0.39, 0.29) is 18.6 Å². The number of benzene rings is 1. The second kappa shape index (κ2) is 10.1. The fourth-order valence-corrected chi connectivity index (χ4v) is 3.85. The van der Waals surface area contributed by atoms with Gasteiger partial charge in [0.25, 0.3) is 5.91 Å². The number of carbonyl (C=O) groups excluding carboxylic acids is 1. The number of nitrogens with one attached hydrogen (secondary N) is 2. The number of rotatable bonds is 7. The molecule has 1 aliphatic heterocycles. The lowest BCUT2D eigenvalue weighted by atomic mass is 10.1. The average Bonchev–Trinajstić information content (AvgIpc) is 3.29. The molecule has 0 aliphatic carbocycles. The van der Waals surface area contributed by atoms with E-state index in [2.05, 4.69) is 20.6 Å². The van der Waals surface area contributed by atoms with E-state index in [1.54, 1.807) is 47.4 Å². The van der Waals surface area contributed by atoms with Crippen LogP contribution in [-0.4, -0.2) is 51.4 Å². The molecule has 168 valence electrons. The lowest BCUT2D eigenvalue weighted by Gasteiger charge is -2.23. The molecule has 2 aromatic heterocycles. The SMILES string of the molecule is Cc1cnc(NC2CCOCC2)nc1-n1ccc(C(=O)N[C@H](CO)c2cccc(Cl)c2)c1. The van der Waals surface area contributed by atoms with Crippen molar-refractivity contribution in [1.82, 2.24) is 19.9 Å². The van der Waals surface area contributed by atoms with Crippen molar-refractivity contribution in [2.24, 2.45) is 0 Å². The van der Waals surface area contributed by atoms with Crippen LogP contribution in [0.1, 0.15) is 40.4 Å². The van der Waals surface area contributed by atoms with Crippen LogP contribution in [0.2, 0.25) is 5.02 Å². The van der Waals surface area contributed by atoms with Crippen LogP contribution in [0.25, 0.3) is 5.82 Å². The van der Waals surface area contributed by atoms with Crippen LogP contribution < -0.4 is 10.6 Å². The van der Waals surface area contributed by atoms with Crippen LogP contribution in [0.3, 0.4) is 0 Å². The number of nitrogens with zero attached hydrogens (tertiary/aromatic N) is 3. The molecule has 0 spiro atoms. The summed E-state index contributed by atoms with van der Waals surface area (Å²) in [4.78, 5) is 21.9. The fraction of sp³-hybridized carbons (Fsp3) is 0.348. The summed E-state index contributed by atoms with van der Waals surface area (Å²) in [6, 6.07) is 8.52. The van der Waals surface area contributed by atoms with E-state index in [1.807, 2.05) is 13.0 Å². The number of amides is 1. The standard InChI is InChI=1S/C23H26ClN5O3/c1-15-12-25-23(26-19-6-9-32-10-7-19)28-21(15)29-8-5-17(13-29)22(31)27-20(14-30)16-3-2-4-18(24)11-16/h2-5,8,11-13,19-20,30H,6-7,9-10,14H2,1H3,(H,27,31)(H,25,26,28)/t20-/m1/s1. The number of aliphatic hydroxyl groups excluding tert-OH is 1. The lowest BCUT2D eigenvalue weighted by Crippen LogP contribution is -2.30. The smallest absolute Gasteiger partial charge is 0.253 e. The van der Waals surface area contributed by atoms with Crippen molar-refractivity contribution in [3.8, 4) is 5.82 Å². The third-order valence-corrected chi connectivity index (χ3v) is 5.67. The number of ether oxygens (including phenoxy) is 1. The average molecular weight is 456 g/mol. The molecule has 1 saturated heterocycles. The summed E-state index contributed by atoms with van der Waals surface area (Å²) < 4.78 is 7.20. The Morgan fingerprint density at radius 2 is 2.16 bits per heavy atom. The van der Waals surface area contributed by atoms with Crippen LogP contribution in [0.15, 0.2) is 48.9 Å². The molecule has 4 rings (SSSR count). The summed E-state index contributed by atoms with van der Waals surface area (Å²) in [6.45, 7) is 3.15. The third-order valence-electron chi connectivity index (χ3n) is 5.44. The Balaban J connectivity index is 1.49. The molecule has 1 aromatic carbocycles. The van der Waals surface area contributed by atoms with Gasteiger partial charge in [-0.1, -0.05) is 23.7 Å². The van der Waals surface area contributed by atoms with E-state index in [9.17, 15) is 9.90 Å². The summed E-state index contributed by atoms with van der Waals surface area (Å²) in [5.41, 5.74) is 2.09. The first-order valence-corrected chi connectivity index (χ1v) is 10.9. The number of hydrogen-bond donors (Lipinski definition) is 3. The van der Waals surface area contributed by atoms with Crippen LogP contribution >= 0.6 is 11.6 Å². The van der Waals surface area contributed by atoms with E-state index in [0.29, 0.717) is 22.4 Å². The molecule has 32 heavy (non-hydrogen) atoms. The minimum absolute atomic E-state index is 0.237. The molecule has 3 aromatic rings. The van der Waals surface area contributed by atoms with Crippen molar-refractivity contribution >= 4 is 23.5 Å². The van der Waals surface area contributed by atoms with Gasteiger partial charge >= 0.3 is 0 Å². The minimum Gasteiger partial charge on any atom is -0.394 e. The predicted molar refractivity (Wildman–Crippen MR) is 122 cm³/mol. The number of aryl methyl sites for hydroxylation is 1. The fourth-order valence-electron chi connectivity index (χ4n) is 3.65. The molecule has 1 aliphatic rings. The molecule has 8 nitrogen and oxygen atoms in total. The summed E-state index contributed by atoms with van der Waals surface area (Å²) in [5, 5.41) is 16.5. The molecule has 1 amide bonds. The van der Waals surface area contributed by atoms with E-state index in [1.165, 1.54) is 0 Å². The number of carbonyl (C=O) groups is 1. The topological polar surface area (TPSA) is 101 Å². The molecular formula is C23H26ClN5O3. The Morgan fingerprint density at radius 1 is 1.34 bits per heavy atom. The largest absolute Gasteiger partial charge is 0.394 e. The van der Waals surface area contributed by atoms with Gasteiger partial charge in [0.2, 0.25) is 5.95 Å². The first-order chi connectivity index (χ1) is 15.5. The lowest BCUT2D eigenvalue weighted by molar-refractivity contribution is 0.0902. The summed E-state index contributed by atoms with van der Waals surface area (Å²) in [6.07, 6.45) is 7.11. The van der Waals surface area contributed by atoms with E-state index < -0.39 is 6.04 Å². The first kappa shape index (κ1) is 22.3. The Kier molecular flexibility index (Phi) is 7.04. The van der Waals surface area contributed by atoms with Crippen LogP contribution in [0.5, 0.6) is 0 Å². The summed E-state index contributed by atoms with van der Waals surface area (Å²) >= 11 is 6.04. The Bertz CT molecular complexity index is 1080. The molecule has 1 atom stereocenters. The molecule has 3 N–H and O–H groups in total. The van der Waals surface area contributed by atoms with E-state index in [0.717, 1.165) is 37.2 Å². The van der Waals surface area contributed by atoms with Crippen molar-refractivity contribution in [1.29, 1.82) is 0 Å². The van der Waals surface area contributed by atoms with Crippen molar-refractivity contribution in [3.05, 3.63) is 70.6 Å². The normalized spacial score (nSPS) is 15.3. The maximum Gasteiger partial charge on any atom is 0.253 e. The van der Waals surface area contributed by atoms with Gasteiger partial charge in [0.05, 0.1) is 18.2 Å². The molecule has 9 heteroatoms. The van der Waals surface area contributed by atoms with Gasteiger partial charge in [0.1, 0.15) is 5.82 Å². The maximum absolute atomic E-state index is 12.8. The summed E-state index contributed by atoms with van der Waals surface area (Å²) in [7, 11) is 0. The summed E-state index contributed by atoms with van der Waals surface area (Å²) in [5.74, 6) is 0.954. The predicted octanol–water partition coefficient (Wildman–Crippen LogP) is 3.28.